The molecule has 0 aliphatic rings. The van der Waals surface area contributed by atoms with Crippen molar-refractivity contribution in [2.24, 2.45) is 0 Å². The van der Waals surface area contributed by atoms with Gasteiger partial charge in [-0.1, -0.05) is 6.92 Å². The second kappa shape index (κ2) is 6.92. The second-order valence-corrected chi connectivity index (χ2v) is 2.91. The summed E-state index contributed by atoms with van der Waals surface area (Å²) in [6, 6.07) is 0. The van der Waals surface area contributed by atoms with Crippen LogP contribution in [0.25, 0.3) is 0 Å². The van der Waals surface area contributed by atoms with E-state index in [0.717, 1.165) is 0 Å². The molecular weight excluding hydrogens is 220 g/mol. The Labute approximate surface area is 92.9 Å². The summed E-state index contributed by atoms with van der Waals surface area (Å²) < 4.78 is 29.0. The summed E-state index contributed by atoms with van der Waals surface area (Å²) in [5.41, 5.74) is 0. The van der Waals surface area contributed by atoms with Crippen LogP contribution < -0.4 is 0 Å². The smallest absolute Gasteiger partial charge is 0.401 e. The quantitative estimate of drug-likeness (QED) is 0.543. The number of ether oxygens (including phenoxy) is 1. The zero-order valence-electron chi connectivity index (χ0n) is 9.55. The third-order valence-electron chi connectivity index (χ3n) is 1.96. The molecule has 0 saturated heterocycles. The number of rotatable bonds is 5. The van der Waals surface area contributed by atoms with Crippen LogP contribution in [0.4, 0.5) is 13.6 Å². The van der Waals surface area contributed by atoms with Gasteiger partial charge in [0, 0.05) is 19.5 Å². The molecule has 0 radical (unpaired) electrons. The Morgan fingerprint density at radius 1 is 1.12 bits per heavy atom. The molecule has 0 N–H and O–H groups in total. The first-order chi connectivity index (χ1) is 7.47. The Morgan fingerprint density at radius 3 is 1.94 bits per heavy atom. The van der Waals surface area contributed by atoms with Crippen molar-refractivity contribution in [2.75, 3.05) is 13.1 Å². The van der Waals surface area contributed by atoms with Crippen LogP contribution in [0.3, 0.4) is 0 Å². The fourth-order valence-electron chi connectivity index (χ4n) is 0.995. The molecule has 16 heavy (non-hydrogen) atoms. The molecule has 0 aliphatic carbocycles. The normalized spacial score (nSPS) is 9.56. The largest absolute Gasteiger partial charge is 0.415 e. The summed E-state index contributed by atoms with van der Waals surface area (Å²) in [4.78, 5) is 23.6. The second-order valence-electron chi connectivity index (χ2n) is 2.91. The van der Waals surface area contributed by atoms with Gasteiger partial charge in [0.25, 0.3) is 0 Å². The van der Waals surface area contributed by atoms with E-state index in [1.165, 1.54) is 11.8 Å². The van der Waals surface area contributed by atoms with Crippen molar-refractivity contribution in [3.8, 4) is 0 Å². The molecule has 0 bridgehead atoms. The average Bonchev–Trinajstić information content (AvgIpc) is 2.26. The minimum Gasteiger partial charge on any atom is -0.401 e. The van der Waals surface area contributed by atoms with Crippen molar-refractivity contribution in [1.82, 2.24) is 4.90 Å². The lowest BCUT2D eigenvalue weighted by Crippen LogP contribution is -2.31. The Bertz CT molecular complexity index is 294. The highest BCUT2D eigenvalue weighted by Crippen LogP contribution is 2.14. The first-order valence-corrected chi connectivity index (χ1v) is 5.03. The van der Waals surface area contributed by atoms with E-state index in [1.807, 2.05) is 0 Å². The lowest BCUT2D eigenvalue weighted by molar-refractivity contribution is -0.118. The van der Waals surface area contributed by atoms with Crippen LogP contribution in [0.5, 0.6) is 0 Å². The number of carbonyl (C=O) groups excluding carboxylic acids is 2. The Kier molecular flexibility index (Phi) is 6.29. The van der Waals surface area contributed by atoms with Crippen LogP contribution in [0.2, 0.25) is 0 Å². The molecule has 0 aromatic carbocycles. The summed E-state index contributed by atoms with van der Waals surface area (Å²) in [6.45, 7) is 5.44. The predicted octanol–water partition coefficient (Wildman–Crippen LogP) is 2.55. The SMILES string of the molecule is CCC(=O)C(OC(=O)N(CC)CC)=C(F)F. The van der Waals surface area contributed by atoms with Gasteiger partial charge < -0.3 is 9.64 Å². The summed E-state index contributed by atoms with van der Waals surface area (Å²) in [5.74, 6) is -2.04. The molecular formula is C10H15F2NO3. The van der Waals surface area contributed by atoms with E-state index in [9.17, 15) is 18.4 Å². The van der Waals surface area contributed by atoms with Gasteiger partial charge in [-0.2, -0.15) is 8.78 Å². The minimum absolute atomic E-state index is 0.141. The van der Waals surface area contributed by atoms with Gasteiger partial charge in [0.2, 0.25) is 11.5 Å². The Hall–Kier alpha value is -1.46. The van der Waals surface area contributed by atoms with Gasteiger partial charge in [-0.05, 0) is 13.8 Å². The summed E-state index contributed by atoms with van der Waals surface area (Å²) in [7, 11) is 0. The molecule has 1 amide bonds. The molecule has 0 aromatic heterocycles. The van der Waals surface area contributed by atoms with Gasteiger partial charge in [0.1, 0.15) is 0 Å². The number of nitrogens with zero attached hydrogens (tertiary/aromatic N) is 1. The van der Waals surface area contributed by atoms with Gasteiger partial charge in [-0.3, -0.25) is 4.79 Å². The van der Waals surface area contributed by atoms with Gasteiger partial charge >= 0.3 is 12.2 Å². The zero-order chi connectivity index (χ0) is 12.7. The van der Waals surface area contributed by atoms with E-state index < -0.39 is 23.7 Å². The van der Waals surface area contributed by atoms with Crippen molar-refractivity contribution in [2.45, 2.75) is 27.2 Å². The minimum atomic E-state index is -2.27. The fourth-order valence-corrected chi connectivity index (χ4v) is 0.995. The number of hydrogen-bond acceptors (Lipinski definition) is 3. The number of amides is 1. The van der Waals surface area contributed by atoms with Crippen molar-refractivity contribution in [3.63, 3.8) is 0 Å². The van der Waals surface area contributed by atoms with Crippen LogP contribution in [0.15, 0.2) is 11.8 Å². The topological polar surface area (TPSA) is 46.6 Å². The molecule has 0 saturated carbocycles. The molecule has 92 valence electrons. The number of allylic oxidation sites excluding steroid dienone is 1. The number of ketones is 1. The van der Waals surface area contributed by atoms with Crippen LogP contribution in [-0.4, -0.2) is 29.9 Å². The maximum absolute atomic E-state index is 12.3. The number of Topliss-reactive ketones (excluding diaryl/α,β-unsaturated/α-hetero) is 1. The van der Waals surface area contributed by atoms with E-state index in [-0.39, 0.29) is 6.42 Å². The zero-order valence-corrected chi connectivity index (χ0v) is 9.55. The van der Waals surface area contributed by atoms with Crippen LogP contribution in [0, 0.1) is 0 Å². The highest BCUT2D eigenvalue weighted by molar-refractivity contribution is 5.95. The van der Waals surface area contributed by atoms with Crippen molar-refractivity contribution < 1.29 is 23.1 Å². The van der Waals surface area contributed by atoms with Crippen molar-refractivity contribution >= 4 is 11.9 Å². The van der Waals surface area contributed by atoms with E-state index in [0.29, 0.717) is 13.1 Å². The van der Waals surface area contributed by atoms with Crippen LogP contribution >= 0.6 is 0 Å². The van der Waals surface area contributed by atoms with Gasteiger partial charge in [-0.15, -0.1) is 0 Å². The molecule has 0 fully saturated rings. The first kappa shape index (κ1) is 14.5. The third kappa shape index (κ3) is 3.96. The van der Waals surface area contributed by atoms with E-state index in [2.05, 4.69) is 4.74 Å². The number of carbonyl (C=O) groups is 2. The molecule has 0 aromatic rings. The summed E-state index contributed by atoms with van der Waals surface area (Å²) in [5, 5.41) is 0. The highest BCUT2D eigenvalue weighted by Gasteiger charge is 2.22. The molecule has 0 spiro atoms. The Balaban J connectivity index is 4.73. The van der Waals surface area contributed by atoms with Crippen molar-refractivity contribution in [3.05, 3.63) is 11.8 Å². The molecule has 6 heteroatoms. The van der Waals surface area contributed by atoms with Crippen LogP contribution in [-0.2, 0) is 9.53 Å². The van der Waals surface area contributed by atoms with Crippen molar-refractivity contribution in [1.29, 1.82) is 0 Å². The predicted molar refractivity (Wildman–Crippen MR) is 53.9 cm³/mol. The maximum Gasteiger partial charge on any atom is 0.415 e. The first-order valence-electron chi connectivity index (χ1n) is 5.03. The van der Waals surface area contributed by atoms with E-state index >= 15 is 0 Å². The van der Waals surface area contributed by atoms with Gasteiger partial charge in [0.15, 0.2) is 0 Å². The van der Waals surface area contributed by atoms with Crippen LogP contribution in [0.1, 0.15) is 27.2 Å². The monoisotopic (exact) mass is 235 g/mol. The van der Waals surface area contributed by atoms with E-state index in [4.69, 9.17) is 0 Å². The molecule has 0 aliphatic heterocycles. The number of hydrogen-bond donors (Lipinski definition) is 0. The molecule has 4 nitrogen and oxygen atoms in total. The highest BCUT2D eigenvalue weighted by atomic mass is 19.3. The standard InChI is InChI=1S/C10H15F2NO3/c1-4-7(14)8(9(11)12)16-10(15)13(5-2)6-3/h4-6H2,1-3H3. The third-order valence-corrected chi connectivity index (χ3v) is 1.96. The lowest BCUT2D eigenvalue weighted by atomic mass is 10.3. The summed E-state index contributed by atoms with van der Waals surface area (Å²) >= 11 is 0. The maximum atomic E-state index is 12.3. The number of halogens is 2. The molecule has 0 heterocycles. The van der Waals surface area contributed by atoms with Gasteiger partial charge in [0.05, 0.1) is 0 Å². The van der Waals surface area contributed by atoms with E-state index in [1.54, 1.807) is 13.8 Å². The molecule has 0 unspecified atom stereocenters. The lowest BCUT2D eigenvalue weighted by Gasteiger charge is -2.18. The Morgan fingerprint density at radius 2 is 1.62 bits per heavy atom. The molecule has 0 rings (SSSR count). The van der Waals surface area contributed by atoms with Gasteiger partial charge in [-0.25, -0.2) is 4.79 Å². The fraction of sp³-hybridized carbons (Fsp3) is 0.600. The molecule has 0 atom stereocenters. The average molecular weight is 235 g/mol. The summed E-state index contributed by atoms with van der Waals surface area (Å²) in [6.07, 6.45) is -3.35.